The lowest BCUT2D eigenvalue weighted by atomic mass is 9.93. The molecule has 0 radical (unpaired) electrons. The van der Waals surface area contributed by atoms with Crippen molar-refractivity contribution in [3.05, 3.63) is 85.1 Å². The third kappa shape index (κ3) is 27.1. The van der Waals surface area contributed by atoms with Crippen molar-refractivity contribution in [2.45, 2.75) is 197 Å². The van der Waals surface area contributed by atoms with Crippen LogP contribution in [0.15, 0.2) is 85.1 Å². The molecule has 0 spiro atoms. The van der Waals surface area contributed by atoms with Crippen LogP contribution in [0, 0.1) is 5.92 Å². The number of hydrogen-bond acceptors (Lipinski definition) is 14. The quantitative estimate of drug-likeness (QED) is 0.137. The predicted molar refractivity (Wildman–Crippen MR) is 243 cm³/mol. The Kier molecular flexibility index (Phi) is 30.2. The number of aliphatic hydroxyl groups is 9. The first-order valence-corrected chi connectivity index (χ1v) is 22.7. The first-order chi connectivity index (χ1) is 30.3. The highest BCUT2D eigenvalue weighted by Gasteiger charge is 2.32. The molecule has 16 nitrogen and oxygen atoms in total. The summed E-state index contributed by atoms with van der Waals surface area (Å²) in [5, 5.41) is 107. The molecule has 0 aliphatic carbocycles. The van der Waals surface area contributed by atoms with Crippen LogP contribution in [0.3, 0.4) is 0 Å². The van der Waals surface area contributed by atoms with Gasteiger partial charge in [0.15, 0.2) is 12.1 Å². The van der Waals surface area contributed by atoms with Crippen molar-refractivity contribution >= 4 is 12.1 Å². The number of carboxylic acid groups (broad SMARTS) is 1. The van der Waals surface area contributed by atoms with Crippen molar-refractivity contribution in [2.24, 2.45) is 5.92 Å². The highest BCUT2D eigenvalue weighted by atomic mass is 16.7. The highest BCUT2D eigenvalue weighted by molar-refractivity contribution is 5.70. The fourth-order valence-corrected chi connectivity index (χ4v) is 6.96. The summed E-state index contributed by atoms with van der Waals surface area (Å²) in [6, 6.07) is -0.739. The lowest BCUT2D eigenvalue weighted by Crippen LogP contribution is -2.41. The predicted octanol–water partition coefficient (Wildman–Crippen LogP) is 4.53. The molecular weight excluding hydrogens is 831 g/mol. The minimum Gasteiger partial charge on any atom is -0.465 e. The Labute approximate surface area is 379 Å². The van der Waals surface area contributed by atoms with Gasteiger partial charge in [-0.1, -0.05) is 106 Å². The molecule has 1 amide bonds. The van der Waals surface area contributed by atoms with Gasteiger partial charge < -0.3 is 70.6 Å². The fraction of sp³-hybridized carbons (Fsp3) is 0.667. The molecule has 2 aliphatic heterocycles. The SMILES string of the molecule is CC.C[C@@H]1OC(=O)CC(O)CC(O)CCC(O)C(O)CC(O)CC(O)(O)CCC(NC(=O)O)CCC(OC2CCC(O)[C@@H](C)O2)/C=C/C=C/C=C/C=C/C=C/C=C/C=C/CC(O)[C@H]1C. The van der Waals surface area contributed by atoms with Gasteiger partial charge in [-0.2, -0.15) is 0 Å². The van der Waals surface area contributed by atoms with E-state index in [1.165, 1.54) is 0 Å². The van der Waals surface area contributed by atoms with Gasteiger partial charge in [-0.25, -0.2) is 4.79 Å². The molecule has 2 heterocycles. The number of aliphatic hydroxyl groups excluding tert-OH is 7. The average Bonchev–Trinajstić information content (AvgIpc) is 3.22. The van der Waals surface area contributed by atoms with E-state index in [4.69, 9.17) is 14.2 Å². The number of carbonyl (C=O) groups excluding carboxylic acids is 1. The Morgan fingerprint density at radius 1 is 0.656 bits per heavy atom. The first kappa shape index (κ1) is 58.5. The van der Waals surface area contributed by atoms with E-state index in [9.17, 15) is 60.7 Å². The molecule has 366 valence electrons. The molecule has 16 heteroatoms. The minimum absolute atomic E-state index is 0.0275. The maximum atomic E-state index is 12.5. The molecule has 0 saturated carbocycles. The molecule has 2 rings (SSSR count). The number of amides is 1. The molecule has 0 bridgehead atoms. The fourth-order valence-electron chi connectivity index (χ4n) is 6.96. The average molecular weight is 910 g/mol. The summed E-state index contributed by atoms with van der Waals surface area (Å²) in [6.07, 6.45) is 13.3. The van der Waals surface area contributed by atoms with Gasteiger partial charge in [0, 0.05) is 37.6 Å². The van der Waals surface area contributed by atoms with Crippen molar-refractivity contribution in [3.8, 4) is 0 Å². The van der Waals surface area contributed by atoms with Crippen molar-refractivity contribution in [1.82, 2.24) is 5.32 Å². The van der Waals surface area contributed by atoms with Crippen molar-refractivity contribution in [2.75, 3.05) is 0 Å². The van der Waals surface area contributed by atoms with Crippen LogP contribution in [0.2, 0.25) is 0 Å². The first-order valence-electron chi connectivity index (χ1n) is 22.7. The second kappa shape index (κ2) is 33.0. The van der Waals surface area contributed by atoms with E-state index in [1.807, 2.05) is 68.5 Å². The normalized spacial score (nSPS) is 37.8. The summed E-state index contributed by atoms with van der Waals surface area (Å²) in [5.41, 5.74) is 0. The van der Waals surface area contributed by atoms with E-state index in [1.54, 1.807) is 51.2 Å². The number of rotatable bonds is 3. The Morgan fingerprint density at radius 3 is 1.83 bits per heavy atom. The second-order valence-corrected chi connectivity index (χ2v) is 16.5. The van der Waals surface area contributed by atoms with E-state index in [2.05, 4.69) is 5.32 Å². The van der Waals surface area contributed by atoms with Gasteiger partial charge in [0.05, 0.1) is 61.4 Å². The van der Waals surface area contributed by atoms with E-state index < -0.39 is 116 Å². The zero-order chi connectivity index (χ0) is 48.1. The molecule has 1 fully saturated rings. The molecular formula is C48H79NO15. The van der Waals surface area contributed by atoms with Gasteiger partial charge >= 0.3 is 12.1 Å². The largest absolute Gasteiger partial charge is 0.465 e. The van der Waals surface area contributed by atoms with Gasteiger partial charge in [0.2, 0.25) is 0 Å². The van der Waals surface area contributed by atoms with E-state index in [0.29, 0.717) is 25.7 Å². The maximum Gasteiger partial charge on any atom is 0.404 e. The number of hydrogen-bond donors (Lipinski definition) is 11. The zero-order valence-corrected chi connectivity index (χ0v) is 38.3. The topological polar surface area (TPSA) is 276 Å². The van der Waals surface area contributed by atoms with Crippen LogP contribution >= 0.6 is 0 Å². The number of cyclic esters (lactones) is 1. The van der Waals surface area contributed by atoms with Gasteiger partial charge in [-0.3, -0.25) is 4.79 Å². The van der Waals surface area contributed by atoms with Crippen molar-refractivity contribution in [1.29, 1.82) is 0 Å². The second-order valence-electron chi connectivity index (χ2n) is 16.5. The summed E-state index contributed by atoms with van der Waals surface area (Å²) in [7, 11) is 0. The monoisotopic (exact) mass is 910 g/mol. The summed E-state index contributed by atoms with van der Waals surface area (Å²) < 4.78 is 17.5. The number of ether oxygens (including phenoxy) is 3. The maximum absolute atomic E-state index is 12.5. The van der Waals surface area contributed by atoms with Crippen LogP contribution in [0.4, 0.5) is 4.79 Å². The molecule has 13 atom stereocenters. The van der Waals surface area contributed by atoms with Gasteiger partial charge in [0.1, 0.15) is 6.10 Å². The Balaban J connectivity index is 0.0000101. The zero-order valence-electron chi connectivity index (χ0n) is 38.3. The van der Waals surface area contributed by atoms with E-state index in [0.717, 1.165) is 0 Å². The summed E-state index contributed by atoms with van der Waals surface area (Å²) in [5.74, 6) is -3.58. The Hall–Kier alpha value is -3.52. The third-order valence-corrected chi connectivity index (χ3v) is 10.9. The Morgan fingerprint density at radius 2 is 1.23 bits per heavy atom. The van der Waals surface area contributed by atoms with Gasteiger partial charge in [-0.05, 0) is 65.2 Å². The number of nitrogens with one attached hydrogen (secondary N) is 1. The minimum atomic E-state index is -2.46. The lowest BCUT2D eigenvalue weighted by molar-refractivity contribution is -0.228. The molecule has 0 aromatic rings. The third-order valence-electron chi connectivity index (χ3n) is 10.9. The molecule has 0 aromatic carbocycles. The summed E-state index contributed by atoms with van der Waals surface area (Å²) >= 11 is 0. The van der Waals surface area contributed by atoms with Gasteiger partial charge in [-0.15, -0.1) is 0 Å². The molecule has 2 aliphatic rings. The van der Waals surface area contributed by atoms with Crippen LogP contribution < -0.4 is 5.32 Å². The molecule has 10 unspecified atom stereocenters. The van der Waals surface area contributed by atoms with E-state index >= 15 is 0 Å². The molecule has 64 heavy (non-hydrogen) atoms. The highest BCUT2D eigenvalue weighted by Crippen LogP contribution is 2.26. The number of allylic oxidation sites excluding steroid dienone is 12. The molecule has 0 aromatic heterocycles. The van der Waals surface area contributed by atoms with Crippen LogP contribution in [0.25, 0.3) is 0 Å². The van der Waals surface area contributed by atoms with Crippen LogP contribution in [0.5, 0.6) is 0 Å². The number of esters is 1. The molecule has 1 saturated heterocycles. The lowest BCUT2D eigenvalue weighted by Gasteiger charge is -2.33. The Bertz CT molecular complexity index is 1490. The van der Waals surface area contributed by atoms with Crippen LogP contribution in [0.1, 0.15) is 118 Å². The van der Waals surface area contributed by atoms with Crippen LogP contribution in [-0.2, 0) is 19.0 Å². The van der Waals surface area contributed by atoms with Crippen molar-refractivity contribution < 1.29 is 74.9 Å². The van der Waals surface area contributed by atoms with Crippen molar-refractivity contribution in [3.63, 3.8) is 0 Å². The smallest absolute Gasteiger partial charge is 0.404 e. The summed E-state index contributed by atoms with van der Waals surface area (Å²) in [6.45, 7) is 9.14. The molecule has 11 N–H and O–H groups in total. The standard InChI is InChI=1S/C46H73NO15.C2H6/c1-31-32(2)60-43(55)29-36(49)27-35(48)20-22-41(53)42(54)28-37(50)30-46(58,59)26-25-34(47-45(56)57)19-21-38(62-44-24-23-40(52)33(3)61-44)17-15-13-11-9-7-5-4-6-8-10-12-14-16-18-39(31)51;1-2/h4-17,31-42,44,47-54,58-59H,18-30H2,1-3H3,(H,56,57);1-2H3/b5-4+,8-6+,9-7+,12-10+,13-11+,16-14+,17-15+;/t31-,32-,33+,34?,35?,36?,37?,38?,39?,40?,41?,42?,44?;/m0./s1. The van der Waals surface area contributed by atoms with Gasteiger partial charge in [0.25, 0.3) is 0 Å². The van der Waals surface area contributed by atoms with Crippen LogP contribution in [-0.4, -0.2) is 142 Å². The van der Waals surface area contributed by atoms with E-state index in [-0.39, 0.29) is 38.5 Å². The number of carbonyl (C=O) groups is 2. The summed E-state index contributed by atoms with van der Waals surface area (Å²) in [4.78, 5) is 24.2.